The first-order valence-corrected chi connectivity index (χ1v) is 7.67. The summed E-state index contributed by atoms with van der Waals surface area (Å²) in [6.45, 7) is 6.80. The molecule has 0 amide bonds. The average Bonchev–Trinajstić information content (AvgIpc) is 2.39. The Morgan fingerprint density at radius 3 is 2.89 bits per heavy atom. The van der Waals surface area contributed by atoms with Gasteiger partial charge in [-0.15, -0.1) is 0 Å². The molecule has 0 fully saturated rings. The molecule has 1 aromatic rings. The minimum Gasteiger partial charge on any atom is -0.300 e. The first-order chi connectivity index (χ1) is 9.09. The Kier molecular flexibility index (Phi) is 6.82. The summed E-state index contributed by atoms with van der Waals surface area (Å²) in [7, 11) is 0. The van der Waals surface area contributed by atoms with Gasteiger partial charge >= 0.3 is 0 Å². The number of hydrogen-bond donors (Lipinski definition) is 1. The van der Waals surface area contributed by atoms with E-state index in [9.17, 15) is 0 Å². The van der Waals surface area contributed by atoms with E-state index < -0.39 is 0 Å². The summed E-state index contributed by atoms with van der Waals surface area (Å²) in [5.74, 6) is 0.997. The van der Waals surface area contributed by atoms with Crippen LogP contribution in [0, 0.1) is 18.3 Å². The van der Waals surface area contributed by atoms with E-state index in [2.05, 4.69) is 21.4 Å². The number of nitriles is 1. The lowest BCUT2D eigenvalue weighted by Gasteiger charge is -2.22. The number of rotatable bonds is 8. The van der Waals surface area contributed by atoms with Crippen LogP contribution in [-0.4, -0.2) is 27.8 Å². The lowest BCUT2D eigenvalue weighted by atomic mass is 9.97. The maximum Gasteiger partial charge on any atom is 0.187 e. The average molecular weight is 278 g/mol. The molecule has 0 spiro atoms. The minimum absolute atomic E-state index is 0.390. The van der Waals surface area contributed by atoms with Crippen LogP contribution in [0.3, 0.4) is 0 Å². The number of aryl methyl sites for hydroxylation is 1. The third-order valence-electron chi connectivity index (χ3n) is 2.89. The third-order valence-corrected chi connectivity index (χ3v) is 3.84. The van der Waals surface area contributed by atoms with Gasteiger partial charge in [-0.1, -0.05) is 18.7 Å². The summed E-state index contributed by atoms with van der Waals surface area (Å²) < 4.78 is 0. The summed E-state index contributed by atoms with van der Waals surface area (Å²) >= 11 is 1.68. The number of unbranched alkanes of at least 4 members (excludes halogenated alkanes) is 1. The molecule has 1 heterocycles. The first kappa shape index (κ1) is 15.9. The normalized spacial score (nSPS) is 13.8. The summed E-state index contributed by atoms with van der Waals surface area (Å²) in [4.78, 5) is 8.57. The van der Waals surface area contributed by atoms with Gasteiger partial charge in [0, 0.05) is 17.6 Å². The van der Waals surface area contributed by atoms with Gasteiger partial charge in [-0.25, -0.2) is 9.97 Å². The monoisotopic (exact) mass is 278 g/mol. The molecule has 1 atom stereocenters. The van der Waals surface area contributed by atoms with Crippen LogP contribution in [0.5, 0.6) is 0 Å². The van der Waals surface area contributed by atoms with Crippen LogP contribution in [0.15, 0.2) is 17.4 Å². The lowest BCUT2D eigenvalue weighted by molar-refractivity contribution is 0.415. The highest BCUT2D eigenvalue weighted by atomic mass is 32.2. The van der Waals surface area contributed by atoms with Gasteiger partial charge < -0.3 is 0 Å². The van der Waals surface area contributed by atoms with Gasteiger partial charge in [0.15, 0.2) is 5.16 Å². The van der Waals surface area contributed by atoms with Crippen molar-refractivity contribution in [1.29, 1.82) is 5.26 Å². The van der Waals surface area contributed by atoms with Crippen LogP contribution in [0.4, 0.5) is 0 Å². The second-order valence-electron chi connectivity index (χ2n) is 4.76. The largest absolute Gasteiger partial charge is 0.300 e. The van der Waals surface area contributed by atoms with Crippen molar-refractivity contribution in [3.8, 4) is 6.07 Å². The van der Waals surface area contributed by atoms with E-state index in [1.807, 2.05) is 26.8 Å². The van der Waals surface area contributed by atoms with Crippen molar-refractivity contribution in [1.82, 2.24) is 15.3 Å². The van der Waals surface area contributed by atoms with E-state index in [0.717, 1.165) is 42.4 Å². The zero-order valence-corrected chi connectivity index (χ0v) is 12.8. The van der Waals surface area contributed by atoms with Gasteiger partial charge in [-0.2, -0.15) is 5.26 Å². The number of hydrogen-bond acceptors (Lipinski definition) is 5. The van der Waals surface area contributed by atoms with E-state index in [4.69, 9.17) is 5.26 Å². The fraction of sp³-hybridized carbons (Fsp3) is 0.643. The van der Waals surface area contributed by atoms with Gasteiger partial charge in [0.25, 0.3) is 0 Å². The summed E-state index contributed by atoms with van der Waals surface area (Å²) in [5.41, 5.74) is 0.612. The summed E-state index contributed by atoms with van der Waals surface area (Å²) in [5, 5.41) is 13.2. The highest BCUT2D eigenvalue weighted by Gasteiger charge is 2.21. The zero-order valence-electron chi connectivity index (χ0n) is 11.9. The molecule has 1 N–H and O–H groups in total. The standard InChI is InChI=1S/C14H22N4S/c1-4-17-14(3,11-15)8-5-6-10-19-13-16-9-7-12(2)18-13/h7,9,17H,4-6,8,10H2,1-3H3. The van der Waals surface area contributed by atoms with Crippen LogP contribution in [-0.2, 0) is 0 Å². The van der Waals surface area contributed by atoms with E-state index in [1.165, 1.54) is 0 Å². The number of nitrogens with zero attached hydrogens (tertiary/aromatic N) is 3. The molecule has 0 saturated heterocycles. The smallest absolute Gasteiger partial charge is 0.187 e. The molecular formula is C14H22N4S. The molecule has 0 aliphatic rings. The number of aromatic nitrogens is 2. The van der Waals surface area contributed by atoms with Crippen molar-refractivity contribution in [2.75, 3.05) is 12.3 Å². The molecule has 4 nitrogen and oxygen atoms in total. The predicted molar refractivity (Wildman–Crippen MR) is 79.0 cm³/mol. The van der Waals surface area contributed by atoms with Crippen molar-refractivity contribution in [3.05, 3.63) is 18.0 Å². The Labute approximate surface area is 120 Å². The molecular weight excluding hydrogens is 256 g/mol. The molecule has 19 heavy (non-hydrogen) atoms. The fourth-order valence-corrected chi connectivity index (χ4v) is 2.69. The molecule has 0 aromatic carbocycles. The molecule has 1 rings (SSSR count). The lowest BCUT2D eigenvalue weighted by Crippen LogP contribution is -2.40. The van der Waals surface area contributed by atoms with Crippen molar-refractivity contribution in [2.24, 2.45) is 0 Å². The molecule has 0 saturated carbocycles. The highest BCUT2D eigenvalue weighted by Crippen LogP contribution is 2.18. The second-order valence-corrected chi connectivity index (χ2v) is 5.82. The quantitative estimate of drug-likeness (QED) is 0.450. The fourth-order valence-electron chi connectivity index (χ4n) is 1.81. The van der Waals surface area contributed by atoms with Gasteiger partial charge in [0.05, 0.1) is 6.07 Å². The zero-order chi connectivity index (χ0) is 14.1. The Balaban J connectivity index is 2.23. The first-order valence-electron chi connectivity index (χ1n) is 6.68. The second kappa shape index (κ2) is 8.13. The maximum atomic E-state index is 9.14. The molecule has 5 heteroatoms. The predicted octanol–water partition coefficient (Wildman–Crippen LogP) is 2.94. The van der Waals surface area contributed by atoms with Gasteiger partial charge in [0.1, 0.15) is 5.54 Å². The molecule has 1 aromatic heterocycles. The Morgan fingerprint density at radius 2 is 2.26 bits per heavy atom. The van der Waals surface area contributed by atoms with Gasteiger partial charge in [-0.3, -0.25) is 5.32 Å². The SMILES string of the molecule is CCNC(C)(C#N)CCCCSc1nccc(C)n1. The topological polar surface area (TPSA) is 61.6 Å². The van der Waals surface area contributed by atoms with Crippen LogP contribution >= 0.6 is 11.8 Å². The van der Waals surface area contributed by atoms with Crippen molar-refractivity contribution >= 4 is 11.8 Å². The molecule has 0 aliphatic carbocycles. The minimum atomic E-state index is -0.390. The van der Waals surface area contributed by atoms with Crippen LogP contribution < -0.4 is 5.32 Å². The molecule has 0 radical (unpaired) electrons. The van der Waals surface area contributed by atoms with E-state index >= 15 is 0 Å². The Bertz CT molecular complexity index is 430. The van der Waals surface area contributed by atoms with Crippen molar-refractivity contribution in [3.63, 3.8) is 0 Å². The highest BCUT2D eigenvalue weighted by molar-refractivity contribution is 7.99. The van der Waals surface area contributed by atoms with E-state index in [1.54, 1.807) is 18.0 Å². The van der Waals surface area contributed by atoms with Crippen LogP contribution in [0.25, 0.3) is 0 Å². The molecule has 0 aliphatic heterocycles. The van der Waals surface area contributed by atoms with Gasteiger partial charge in [-0.05, 0) is 45.7 Å². The van der Waals surface area contributed by atoms with Crippen molar-refractivity contribution < 1.29 is 0 Å². The third kappa shape index (κ3) is 6.04. The summed E-state index contributed by atoms with van der Waals surface area (Å²) in [6, 6.07) is 4.25. The molecule has 0 bridgehead atoms. The maximum absolute atomic E-state index is 9.14. The molecule has 104 valence electrons. The van der Waals surface area contributed by atoms with E-state index in [0.29, 0.717) is 0 Å². The number of thioether (sulfide) groups is 1. The van der Waals surface area contributed by atoms with E-state index in [-0.39, 0.29) is 5.54 Å². The van der Waals surface area contributed by atoms with Crippen molar-refractivity contribution in [2.45, 2.75) is 50.7 Å². The Morgan fingerprint density at radius 1 is 1.47 bits per heavy atom. The Hall–Kier alpha value is -1.12. The number of nitrogens with one attached hydrogen (secondary N) is 1. The van der Waals surface area contributed by atoms with Gasteiger partial charge in [0.2, 0.25) is 0 Å². The van der Waals surface area contributed by atoms with Crippen LogP contribution in [0.2, 0.25) is 0 Å². The summed E-state index contributed by atoms with van der Waals surface area (Å²) in [6.07, 6.45) is 4.79. The van der Waals surface area contributed by atoms with Crippen LogP contribution in [0.1, 0.15) is 38.8 Å². The molecule has 1 unspecified atom stereocenters.